The van der Waals surface area contributed by atoms with Crippen molar-refractivity contribution in [1.82, 2.24) is 0 Å². The van der Waals surface area contributed by atoms with Crippen LogP contribution in [0.2, 0.25) is 0 Å². The Hall–Kier alpha value is -2.74. The summed E-state index contributed by atoms with van der Waals surface area (Å²) in [6.45, 7) is 1.40. The molecule has 0 saturated carbocycles. The first kappa shape index (κ1) is 15.6. The number of nitro benzene ring substituents is 1. The fourth-order valence-electron chi connectivity index (χ4n) is 1.69. The SMILES string of the molecule is CC([O-])=C1C=CC(=NS(=O)(=O)c2ccc([N+](=O)[O-])cc2)C=C1. The molecule has 2 rings (SSSR count). The fraction of sp³-hybridized carbons (Fsp3) is 0.0714. The van der Waals surface area contributed by atoms with Crippen molar-refractivity contribution in [2.24, 2.45) is 4.40 Å². The van der Waals surface area contributed by atoms with E-state index >= 15 is 0 Å². The molecule has 1 aromatic rings. The maximum absolute atomic E-state index is 12.1. The average Bonchev–Trinajstić information content (AvgIpc) is 2.47. The van der Waals surface area contributed by atoms with E-state index in [9.17, 15) is 23.6 Å². The summed E-state index contributed by atoms with van der Waals surface area (Å²) in [7, 11) is -3.97. The highest BCUT2D eigenvalue weighted by atomic mass is 32.2. The van der Waals surface area contributed by atoms with Gasteiger partial charge in [-0.15, -0.1) is 5.76 Å². The molecule has 1 aliphatic rings. The zero-order valence-electron chi connectivity index (χ0n) is 11.5. The highest BCUT2D eigenvalue weighted by Gasteiger charge is 2.15. The lowest BCUT2D eigenvalue weighted by Crippen LogP contribution is -2.06. The Labute approximate surface area is 126 Å². The van der Waals surface area contributed by atoms with Gasteiger partial charge < -0.3 is 5.11 Å². The Bertz CT molecular complexity index is 808. The number of allylic oxidation sites excluding steroid dienone is 6. The van der Waals surface area contributed by atoms with E-state index in [-0.39, 0.29) is 22.1 Å². The first-order valence-electron chi connectivity index (χ1n) is 6.13. The fourth-order valence-corrected chi connectivity index (χ4v) is 2.67. The van der Waals surface area contributed by atoms with Gasteiger partial charge >= 0.3 is 0 Å². The highest BCUT2D eigenvalue weighted by molar-refractivity contribution is 7.90. The van der Waals surface area contributed by atoms with E-state index in [0.717, 1.165) is 24.3 Å². The molecule has 114 valence electrons. The van der Waals surface area contributed by atoms with Crippen LogP contribution in [0.1, 0.15) is 6.92 Å². The Morgan fingerprint density at radius 2 is 1.64 bits per heavy atom. The van der Waals surface area contributed by atoms with Crippen LogP contribution >= 0.6 is 0 Å². The molecule has 1 aliphatic carbocycles. The highest BCUT2D eigenvalue weighted by Crippen LogP contribution is 2.19. The number of nitro groups is 1. The Morgan fingerprint density at radius 3 is 2.09 bits per heavy atom. The molecule has 0 bridgehead atoms. The van der Waals surface area contributed by atoms with E-state index in [4.69, 9.17) is 0 Å². The second-order valence-electron chi connectivity index (χ2n) is 4.42. The molecule has 0 radical (unpaired) electrons. The molecule has 8 heteroatoms. The minimum Gasteiger partial charge on any atom is -0.875 e. The molecule has 0 spiro atoms. The summed E-state index contributed by atoms with van der Waals surface area (Å²) in [5.74, 6) is -0.134. The summed E-state index contributed by atoms with van der Waals surface area (Å²) in [6.07, 6.45) is 5.79. The topological polar surface area (TPSA) is 113 Å². The molecule has 0 amide bonds. The zero-order chi connectivity index (χ0) is 16.3. The normalized spacial score (nSPS) is 14.0. The monoisotopic (exact) mass is 319 g/mol. The van der Waals surface area contributed by atoms with Gasteiger partial charge in [-0.25, -0.2) is 0 Å². The molecule has 0 aliphatic heterocycles. The summed E-state index contributed by atoms with van der Waals surface area (Å²) in [4.78, 5) is 9.78. The molecule has 22 heavy (non-hydrogen) atoms. The van der Waals surface area contributed by atoms with Crippen LogP contribution in [0.3, 0.4) is 0 Å². The first-order chi connectivity index (χ1) is 10.3. The summed E-state index contributed by atoms with van der Waals surface area (Å²) in [5, 5.41) is 21.7. The van der Waals surface area contributed by atoms with Crippen molar-refractivity contribution in [2.75, 3.05) is 0 Å². The summed E-state index contributed by atoms with van der Waals surface area (Å²) in [6, 6.07) is 4.45. The number of nitrogens with zero attached hydrogens (tertiary/aromatic N) is 2. The van der Waals surface area contributed by atoms with Crippen molar-refractivity contribution < 1.29 is 18.4 Å². The quantitative estimate of drug-likeness (QED) is 0.476. The van der Waals surface area contributed by atoms with Crippen LogP contribution in [0.15, 0.2) is 69.2 Å². The predicted octanol–water partition coefficient (Wildman–Crippen LogP) is 1.48. The summed E-state index contributed by atoms with van der Waals surface area (Å²) >= 11 is 0. The first-order valence-corrected chi connectivity index (χ1v) is 7.57. The van der Waals surface area contributed by atoms with Crippen LogP contribution < -0.4 is 5.11 Å². The van der Waals surface area contributed by atoms with Crippen LogP contribution in [-0.4, -0.2) is 19.1 Å². The van der Waals surface area contributed by atoms with Crippen LogP contribution in [0.4, 0.5) is 5.69 Å². The van der Waals surface area contributed by atoms with E-state index in [0.29, 0.717) is 5.57 Å². The second-order valence-corrected chi connectivity index (χ2v) is 6.02. The van der Waals surface area contributed by atoms with Gasteiger partial charge in [0.2, 0.25) is 0 Å². The van der Waals surface area contributed by atoms with Gasteiger partial charge in [-0.2, -0.15) is 12.8 Å². The van der Waals surface area contributed by atoms with Crippen molar-refractivity contribution >= 4 is 21.4 Å². The average molecular weight is 319 g/mol. The molecule has 0 N–H and O–H groups in total. The Balaban J connectivity index is 2.31. The molecule has 0 saturated heterocycles. The summed E-state index contributed by atoms with van der Waals surface area (Å²) < 4.78 is 27.8. The van der Waals surface area contributed by atoms with Gasteiger partial charge in [0.25, 0.3) is 15.7 Å². The molecule has 7 nitrogen and oxygen atoms in total. The van der Waals surface area contributed by atoms with Crippen LogP contribution in [0.5, 0.6) is 0 Å². The number of sulfonamides is 1. The molecule has 1 aromatic carbocycles. The predicted molar refractivity (Wildman–Crippen MR) is 78.7 cm³/mol. The smallest absolute Gasteiger partial charge is 0.282 e. The Morgan fingerprint density at radius 1 is 1.09 bits per heavy atom. The lowest BCUT2D eigenvalue weighted by atomic mass is 10.1. The number of hydrogen-bond donors (Lipinski definition) is 0. The molecule has 0 heterocycles. The lowest BCUT2D eigenvalue weighted by molar-refractivity contribution is -0.384. The van der Waals surface area contributed by atoms with E-state index in [1.807, 2.05) is 0 Å². The van der Waals surface area contributed by atoms with Crippen molar-refractivity contribution in [2.45, 2.75) is 11.8 Å². The molecule has 0 aromatic heterocycles. The van der Waals surface area contributed by atoms with Gasteiger partial charge in [0.1, 0.15) is 0 Å². The van der Waals surface area contributed by atoms with Crippen LogP contribution in [-0.2, 0) is 10.0 Å². The number of benzene rings is 1. The van der Waals surface area contributed by atoms with E-state index in [1.54, 1.807) is 0 Å². The molecule has 0 fully saturated rings. The Kier molecular flexibility index (Phi) is 4.22. The molecular weight excluding hydrogens is 308 g/mol. The minimum absolute atomic E-state index is 0.134. The van der Waals surface area contributed by atoms with Gasteiger partial charge in [-0.05, 0) is 29.9 Å². The largest absolute Gasteiger partial charge is 0.875 e. The van der Waals surface area contributed by atoms with Gasteiger partial charge in [0.05, 0.1) is 15.5 Å². The maximum Gasteiger partial charge on any atom is 0.282 e. The van der Waals surface area contributed by atoms with Crippen molar-refractivity contribution in [1.29, 1.82) is 0 Å². The van der Waals surface area contributed by atoms with E-state index in [1.165, 1.54) is 31.2 Å². The third-order valence-corrected chi connectivity index (χ3v) is 4.16. The van der Waals surface area contributed by atoms with Gasteiger partial charge in [-0.3, -0.25) is 10.1 Å². The van der Waals surface area contributed by atoms with Crippen molar-refractivity contribution in [3.8, 4) is 0 Å². The number of non-ortho nitro benzene ring substituents is 1. The lowest BCUT2D eigenvalue weighted by Gasteiger charge is -2.11. The van der Waals surface area contributed by atoms with Crippen molar-refractivity contribution in [3.63, 3.8) is 0 Å². The summed E-state index contributed by atoms with van der Waals surface area (Å²) in [5.41, 5.74) is 0.416. The van der Waals surface area contributed by atoms with Crippen LogP contribution in [0, 0.1) is 10.1 Å². The molecule has 0 atom stereocenters. The van der Waals surface area contributed by atoms with Crippen molar-refractivity contribution in [3.05, 3.63) is 70.0 Å². The molecule has 0 unspecified atom stereocenters. The van der Waals surface area contributed by atoms with Gasteiger partial charge in [-0.1, -0.05) is 19.1 Å². The number of hydrogen-bond acceptors (Lipinski definition) is 5. The van der Waals surface area contributed by atoms with E-state index in [2.05, 4.69) is 4.40 Å². The zero-order valence-corrected chi connectivity index (χ0v) is 12.3. The standard InChI is InChI=1S/C14H12N2O5S/c1-10(17)11-2-4-12(5-3-11)15-22(20,21)14-8-6-13(7-9-14)16(18)19/h2-9,17H,1H3/p-1. The van der Waals surface area contributed by atoms with Crippen LogP contribution in [0.25, 0.3) is 0 Å². The third-order valence-electron chi connectivity index (χ3n) is 2.84. The minimum atomic E-state index is -3.97. The number of rotatable bonds is 3. The van der Waals surface area contributed by atoms with E-state index < -0.39 is 14.9 Å². The second kappa shape index (κ2) is 5.94. The van der Waals surface area contributed by atoms with Gasteiger partial charge in [0, 0.05) is 12.1 Å². The maximum atomic E-state index is 12.1. The van der Waals surface area contributed by atoms with Gasteiger partial charge in [0.15, 0.2) is 0 Å². The molecular formula is C14H11N2O5S-. The third kappa shape index (κ3) is 3.47.